The van der Waals surface area contributed by atoms with Gasteiger partial charge in [-0.1, -0.05) is 0 Å². The van der Waals surface area contributed by atoms with E-state index in [-0.39, 0.29) is 12.5 Å². The Morgan fingerprint density at radius 3 is 2.72 bits per heavy atom. The molecule has 2 aromatic rings. The van der Waals surface area contributed by atoms with Crippen molar-refractivity contribution in [2.24, 2.45) is 0 Å². The summed E-state index contributed by atoms with van der Waals surface area (Å²) in [6.07, 6.45) is 1.65. The Hall–Kier alpha value is -2.31. The maximum Gasteiger partial charge on any atom is 0.247 e. The Morgan fingerprint density at radius 2 is 2.22 bits per heavy atom. The first kappa shape index (κ1) is 12.2. The molecule has 0 aliphatic rings. The number of amides is 1. The van der Waals surface area contributed by atoms with E-state index in [1.807, 2.05) is 20.8 Å². The van der Waals surface area contributed by atoms with Gasteiger partial charge < -0.3 is 11.1 Å². The highest BCUT2D eigenvalue weighted by atomic mass is 16.2. The van der Waals surface area contributed by atoms with Crippen LogP contribution in [-0.4, -0.2) is 25.9 Å². The second-order valence-corrected chi connectivity index (χ2v) is 4.22. The zero-order valence-corrected chi connectivity index (χ0v) is 10.6. The van der Waals surface area contributed by atoms with E-state index in [4.69, 9.17) is 5.73 Å². The standard InChI is InChI=1S/C11H16N6O/c1-6-4-13-15-11(6)14-9(18)5-17-8(3)10(12)7(2)16-17/h4H,5,12H2,1-3H3,(H2,13,14,15,18). The van der Waals surface area contributed by atoms with Crippen LogP contribution in [0.4, 0.5) is 11.5 Å². The summed E-state index contributed by atoms with van der Waals surface area (Å²) in [6.45, 7) is 5.64. The van der Waals surface area contributed by atoms with E-state index >= 15 is 0 Å². The monoisotopic (exact) mass is 248 g/mol. The lowest BCUT2D eigenvalue weighted by Gasteiger charge is -2.05. The molecule has 0 aliphatic carbocycles. The van der Waals surface area contributed by atoms with Crippen molar-refractivity contribution in [2.75, 3.05) is 11.1 Å². The Morgan fingerprint density at radius 1 is 1.50 bits per heavy atom. The van der Waals surface area contributed by atoms with Crippen LogP contribution in [0.3, 0.4) is 0 Å². The summed E-state index contributed by atoms with van der Waals surface area (Å²) in [5, 5.41) is 13.5. The number of rotatable bonds is 3. The Labute approximate surface area is 104 Å². The van der Waals surface area contributed by atoms with Crippen LogP contribution in [0.1, 0.15) is 17.0 Å². The zero-order chi connectivity index (χ0) is 13.3. The molecule has 0 bridgehead atoms. The number of aromatic nitrogens is 4. The fraction of sp³-hybridized carbons (Fsp3) is 0.364. The number of aromatic amines is 1. The number of anilines is 2. The van der Waals surface area contributed by atoms with Gasteiger partial charge in [-0.05, 0) is 20.8 Å². The number of nitrogens with one attached hydrogen (secondary N) is 2. The number of hydrogen-bond donors (Lipinski definition) is 3. The molecular formula is C11H16N6O. The molecule has 0 spiro atoms. The SMILES string of the molecule is Cc1cn[nH]c1NC(=O)Cn1nc(C)c(N)c1C. The molecular weight excluding hydrogens is 232 g/mol. The third-order valence-corrected chi connectivity index (χ3v) is 2.82. The molecule has 0 radical (unpaired) electrons. The lowest BCUT2D eigenvalue weighted by Crippen LogP contribution is -2.21. The molecule has 96 valence electrons. The van der Waals surface area contributed by atoms with Gasteiger partial charge in [-0.25, -0.2) is 0 Å². The largest absolute Gasteiger partial charge is 0.396 e. The summed E-state index contributed by atoms with van der Waals surface area (Å²) in [5.74, 6) is 0.433. The molecule has 0 fully saturated rings. The number of hydrogen-bond acceptors (Lipinski definition) is 4. The second kappa shape index (κ2) is 4.52. The smallest absolute Gasteiger partial charge is 0.247 e. The maximum atomic E-state index is 11.8. The van der Waals surface area contributed by atoms with Gasteiger partial charge in [0.25, 0.3) is 0 Å². The van der Waals surface area contributed by atoms with Gasteiger partial charge in [0.2, 0.25) is 5.91 Å². The molecule has 0 unspecified atom stereocenters. The summed E-state index contributed by atoms with van der Waals surface area (Å²) in [4.78, 5) is 11.8. The van der Waals surface area contributed by atoms with E-state index in [9.17, 15) is 4.79 Å². The summed E-state index contributed by atoms with van der Waals surface area (Å²) in [7, 11) is 0. The van der Waals surface area contributed by atoms with Gasteiger partial charge in [-0.2, -0.15) is 10.2 Å². The van der Waals surface area contributed by atoms with Gasteiger partial charge in [0, 0.05) is 5.56 Å². The molecule has 7 heteroatoms. The van der Waals surface area contributed by atoms with Gasteiger partial charge in [0.15, 0.2) is 0 Å². The third kappa shape index (κ3) is 2.20. The summed E-state index contributed by atoms with van der Waals surface area (Å²) in [6, 6.07) is 0. The average Bonchev–Trinajstić information content (AvgIpc) is 2.80. The van der Waals surface area contributed by atoms with E-state index in [0.717, 1.165) is 17.0 Å². The minimum absolute atomic E-state index is 0.127. The Kier molecular flexibility index (Phi) is 3.05. The van der Waals surface area contributed by atoms with E-state index in [0.29, 0.717) is 11.5 Å². The van der Waals surface area contributed by atoms with Gasteiger partial charge in [0.1, 0.15) is 12.4 Å². The van der Waals surface area contributed by atoms with Crippen LogP contribution >= 0.6 is 0 Å². The molecule has 2 heterocycles. The van der Waals surface area contributed by atoms with Crippen molar-refractivity contribution in [2.45, 2.75) is 27.3 Å². The minimum atomic E-state index is -0.173. The van der Waals surface area contributed by atoms with E-state index in [2.05, 4.69) is 20.6 Å². The summed E-state index contributed by atoms with van der Waals surface area (Å²) in [5.41, 5.74) is 8.85. The lowest BCUT2D eigenvalue weighted by atomic mass is 10.3. The summed E-state index contributed by atoms with van der Waals surface area (Å²) >= 11 is 0. The van der Waals surface area contributed by atoms with E-state index in [1.165, 1.54) is 0 Å². The van der Waals surface area contributed by atoms with Crippen molar-refractivity contribution in [3.63, 3.8) is 0 Å². The molecule has 1 amide bonds. The first-order valence-electron chi connectivity index (χ1n) is 5.58. The van der Waals surface area contributed by atoms with Crippen molar-refractivity contribution >= 4 is 17.4 Å². The molecule has 0 saturated heterocycles. The highest BCUT2D eigenvalue weighted by Crippen LogP contribution is 2.15. The van der Waals surface area contributed by atoms with Crippen molar-refractivity contribution in [1.29, 1.82) is 0 Å². The fourth-order valence-corrected chi connectivity index (χ4v) is 1.65. The number of nitrogens with two attached hydrogens (primary N) is 1. The number of carbonyl (C=O) groups excluding carboxylic acids is 1. The molecule has 0 aliphatic heterocycles. The van der Waals surface area contributed by atoms with Crippen LogP contribution in [-0.2, 0) is 11.3 Å². The second-order valence-electron chi connectivity index (χ2n) is 4.22. The molecule has 7 nitrogen and oxygen atoms in total. The average molecular weight is 248 g/mol. The zero-order valence-electron chi connectivity index (χ0n) is 10.6. The lowest BCUT2D eigenvalue weighted by molar-refractivity contribution is -0.117. The Bertz CT molecular complexity index is 582. The molecule has 18 heavy (non-hydrogen) atoms. The quantitative estimate of drug-likeness (QED) is 0.746. The number of nitrogen functional groups attached to an aromatic ring is 1. The van der Waals surface area contributed by atoms with Crippen molar-refractivity contribution < 1.29 is 4.79 Å². The van der Waals surface area contributed by atoms with Crippen molar-refractivity contribution in [3.05, 3.63) is 23.1 Å². The number of carbonyl (C=O) groups is 1. The number of nitrogens with zero attached hydrogens (tertiary/aromatic N) is 3. The predicted molar refractivity (Wildman–Crippen MR) is 68.1 cm³/mol. The predicted octanol–water partition coefficient (Wildman–Crippen LogP) is 0.752. The minimum Gasteiger partial charge on any atom is -0.396 e. The molecule has 2 aromatic heterocycles. The van der Waals surface area contributed by atoms with Gasteiger partial charge in [0.05, 0.1) is 23.3 Å². The van der Waals surface area contributed by atoms with Crippen LogP contribution in [0.5, 0.6) is 0 Å². The number of aryl methyl sites for hydroxylation is 2. The Balaban J connectivity index is 2.08. The van der Waals surface area contributed by atoms with Gasteiger partial charge in [-0.15, -0.1) is 0 Å². The maximum absolute atomic E-state index is 11.8. The normalized spacial score (nSPS) is 10.6. The molecule has 0 aromatic carbocycles. The van der Waals surface area contributed by atoms with Crippen LogP contribution in [0.25, 0.3) is 0 Å². The first-order chi connectivity index (χ1) is 8.49. The molecule has 4 N–H and O–H groups in total. The summed E-state index contributed by atoms with van der Waals surface area (Å²) < 4.78 is 1.59. The van der Waals surface area contributed by atoms with Crippen LogP contribution in [0.15, 0.2) is 6.20 Å². The van der Waals surface area contributed by atoms with Crippen molar-refractivity contribution in [3.8, 4) is 0 Å². The molecule has 0 atom stereocenters. The third-order valence-electron chi connectivity index (χ3n) is 2.82. The molecule has 0 saturated carbocycles. The first-order valence-corrected chi connectivity index (χ1v) is 5.58. The van der Waals surface area contributed by atoms with Crippen molar-refractivity contribution in [1.82, 2.24) is 20.0 Å². The molecule has 2 rings (SSSR count). The van der Waals surface area contributed by atoms with Crippen LogP contribution in [0, 0.1) is 20.8 Å². The highest BCUT2D eigenvalue weighted by molar-refractivity contribution is 5.90. The van der Waals surface area contributed by atoms with Crippen LogP contribution < -0.4 is 11.1 Å². The topological polar surface area (TPSA) is 102 Å². The number of H-pyrrole nitrogens is 1. The van der Waals surface area contributed by atoms with E-state index < -0.39 is 0 Å². The highest BCUT2D eigenvalue weighted by Gasteiger charge is 2.12. The van der Waals surface area contributed by atoms with Gasteiger partial charge in [-0.3, -0.25) is 14.6 Å². The van der Waals surface area contributed by atoms with E-state index in [1.54, 1.807) is 10.9 Å². The van der Waals surface area contributed by atoms with Crippen LogP contribution in [0.2, 0.25) is 0 Å². The van der Waals surface area contributed by atoms with Gasteiger partial charge >= 0.3 is 0 Å². The fourth-order valence-electron chi connectivity index (χ4n) is 1.65.